The van der Waals surface area contributed by atoms with Crippen molar-refractivity contribution in [3.63, 3.8) is 0 Å². The van der Waals surface area contributed by atoms with Crippen LogP contribution < -0.4 is 10.6 Å². The number of hydrogen-bond acceptors (Lipinski definition) is 2. The Kier molecular flexibility index (Phi) is 7.11. The van der Waals surface area contributed by atoms with Gasteiger partial charge in [-0.15, -0.1) is 0 Å². The van der Waals surface area contributed by atoms with E-state index < -0.39 is 0 Å². The van der Waals surface area contributed by atoms with Gasteiger partial charge in [-0.1, -0.05) is 25.5 Å². The second kappa shape index (κ2) is 8.64. The minimum absolute atomic E-state index is 0.0278. The highest BCUT2D eigenvalue weighted by Gasteiger charge is 2.05. The van der Waals surface area contributed by atoms with Gasteiger partial charge in [0.05, 0.1) is 6.54 Å². The van der Waals surface area contributed by atoms with Crippen LogP contribution >= 0.6 is 0 Å². The molecule has 2 N–H and O–H groups in total. The fourth-order valence-electron chi connectivity index (χ4n) is 1.92. The number of halogens is 1. The molecule has 0 heterocycles. The summed E-state index contributed by atoms with van der Waals surface area (Å²) in [5, 5.41) is 6.03. The van der Waals surface area contributed by atoms with Crippen LogP contribution in [0.5, 0.6) is 0 Å². The van der Waals surface area contributed by atoms with Gasteiger partial charge < -0.3 is 10.6 Å². The van der Waals surface area contributed by atoms with Gasteiger partial charge in [0.2, 0.25) is 5.91 Å². The van der Waals surface area contributed by atoms with Gasteiger partial charge in [0.1, 0.15) is 5.82 Å². The fourth-order valence-corrected chi connectivity index (χ4v) is 1.92. The summed E-state index contributed by atoms with van der Waals surface area (Å²) in [7, 11) is 0. The van der Waals surface area contributed by atoms with E-state index in [1.165, 1.54) is 12.1 Å². The third-order valence-corrected chi connectivity index (χ3v) is 2.92. The fraction of sp³-hybridized carbons (Fsp3) is 0.533. The predicted molar refractivity (Wildman–Crippen MR) is 75.5 cm³/mol. The summed E-state index contributed by atoms with van der Waals surface area (Å²) in [6.45, 7) is 5.15. The SMILES string of the molecule is CCCC(C)NC(=O)CNCCc1ccc(F)cc1. The molecule has 19 heavy (non-hydrogen) atoms. The van der Waals surface area contributed by atoms with Gasteiger partial charge in [0.25, 0.3) is 0 Å². The van der Waals surface area contributed by atoms with E-state index in [1.54, 1.807) is 12.1 Å². The Labute approximate surface area is 114 Å². The van der Waals surface area contributed by atoms with Gasteiger partial charge in [-0.05, 0) is 44.0 Å². The molecular weight excluding hydrogens is 243 g/mol. The zero-order valence-corrected chi connectivity index (χ0v) is 11.7. The molecule has 0 fully saturated rings. The van der Waals surface area contributed by atoms with E-state index in [9.17, 15) is 9.18 Å². The van der Waals surface area contributed by atoms with E-state index in [-0.39, 0.29) is 17.8 Å². The van der Waals surface area contributed by atoms with E-state index in [0.29, 0.717) is 13.1 Å². The Bertz CT molecular complexity index is 378. The standard InChI is InChI=1S/C15H23FN2O/c1-3-4-12(2)18-15(19)11-17-10-9-13-5-7-14(16)8-6-13/h5-8,12,17H,3-4,9-11H2,1-2H3,(H,18,19). The van der Waals surface area contributed by atoms with Crippen molar-refractivity contribution in [2.24, 2.45) is 0 Å². The molecule has 0 saturated heterocycles. The summed E-state index contributed by atoms with van der Waals surface area (Å²) < 4.78 is 12.7. The number of benzene rings is 1. The lowest BCUT2D eigenvalue weighted by molar-refractivity contribution is -0.120. The van der Waals surface area contributed by atoms with Crippen molar-refractivity contribution in [1.29, 1.82) is 0 Å². The molecule has 0 aliphatic rings. The summed E-state index contributed by atoms with van der Waals surface area (Å²) in [4.78, 5) is 11.6. The van der Waals surface area contributed by atoms with Gasteiger partial charge in [-0.3, -0.25) is 4.79 Å². The van der Waals surface area contributed by atoms with Crippen molar-refractivity contribution in [3.8, 4) is 0 Å². The number of nitrogens with one attached hydrogen (secondary N) is 2. The molecule has 0 aromatic heterocycles. The van der Waals surface area contributed by atoms with Gasteiger partial charge in [-0.25, -0.2) is 4.39 Å². The van der Waals surface area contributed by atoms with E-state index >= 15 is 0 Å². The first-order valence-corrected chi connectivity index (χ1v) is 6.86. The highest BCUT2D eigenvalue weighted by molar-refractivity contribution is 5.78. The Morgan fingerprint density at radius 1 is 1.32 bits per heavy atom. The molecule has 106 valence electrons. The average Bonchev–Trinajstić information content (AvgIpc) is 2.37. The molecule has 1 unspecified atom stereocenters. The van der Waals surface area contributed by atoms with Crippen LogP contribution in [0, 0.1) is 5.82 Å². The van der Waals surface area contributed by atoms with E-state index in [1.807, 2.05) is 6.92 Å². The van der Waals surface area contributed by atoms with Crippen LogP contribution in [0.25, 0.3) is 0 Å². The maximum absolute atomic E-state index is 12.7. The summed E-state index contributed by atoms with van der Waals surface area (Å²) in [5.41, 5.74) is 1.06. The quantitative estimate of drug-likeness (QED) is 0.709. The van der Waals surface area contributed by atoms with E-state index in [2.05, 4.69) is 17.6 Å². The first-order valence-electron chi connectivity index (χ1n) is 6.86. The summed E-state index contributed by atoms with van der Waals surface area (Å²) in [5.74, 6) is -0.193. The maximum Gasteiger partial charge on any atom is 0.234 e. The number of rotatable bonds is 8. The van der Waals surface area contributed by atoms with Gasteiger partial charge in [-0.2, -0.15) is 0 Å². The van der Waals surface area contributed by atoms with Crippen molar-refractivity contribution >= 4 is 5.91 Å². The van der Waals surface area contributed by atoms with Crippen molar-refractivity contribution in [2.75, 3.05) is 13.1 Å². The molecule has 1 amide bonds. The Morgan fingerprint density at radius 3 is 2.63 bits per heavy atom. The van der Waals surface area contributed by atoms with Crippen LogP contribution in [-0.4, -0.2) is 25.0 Å². The average molecular weight is 266 g/mol. The third-order valence-electron chi connectivity index (χ3n) is 2.92. The topological polar surface area (TPSA) is 41.1 Å². The van der Waals surface area contributed by atoms with Crippen LogP contribution in [0.3, 0.4) is 0 Å². The highest BCUT2D eigenvalue weighted by Crippen LogP contribution is 2.02. The lowest BCUT2D eigenvalue weighted by atomic mass is 10.1. The minimum Gasteiger partial charge on any atom is -0.353 e. The molecule has 1 rings (SSSR count). The van der Waals surface area contributed by atoms with Crippen LogP contribution in [0.2, 0.25) is 0 Å². The van der Waals surface area contributed by atoms with Crippen molar-refractivity contribution in [3.05, 3.63) is 35.6 Å². The number of carbonyl (C=O) groups excluding carboxylic acids is 1. The molecule has 4 heteroatoms. The zero-order chi connectivity index (χ0) is 14.1. The summed E-state index contributed by atoms with van der Waals surface area (Å²) in [6, 6.07) is 6.67. The Balaban J connectivity index is 2.13. The Morgan fingerprint density at radius 2 is 2.00 bits per heavy atom. The Hall–Kier alpha value is -1.42. The number of carbonyl (C=O) groups is 1. The molecular formula is C15H23FN2O. The zero-order valence-electron chi connectivity index (χ0n) is 11.7. The first-order chi connectivity index (χ1) is 9.11. The molecule has 0 saturated carbocycles. The van der Waals surface area contributed by atoms with Crippen molar-refractivity contribution < 1.29 is 9.18 Å². The molecule has 0 aliphatic heterocycles. The summed E-state index contributed by atoms with van der Waals surface area (Å²) in [6.07, 6.45) is 2.86. The van der Waals surface area contributed by atoms with Crippen LogP contribution in [0.4, 0.5) is 4.39 Å². The van der Waals surface area contributed by atoms with Crippen LogP contribution in [0.1, 0.15) is 32.3 Å². The monoisotopic (exact) mass is 266 g/mol. The second-order valence-electron chi connectivity index (χ2n) is 4.81. The molecule has 1 aromatic rings. The van der Waals surface area contributed by atoms with Gasteiger partial charge >= 0.3 is 0 Å². The maximum atomic E-state index is 12.7. The van der Waals surface area contributed by atoms with Crippen LogP contribution in [-0.2, 0) is 11.2 Å². The van der Waals surface area contributed by atoms with Crippen molar-refractivity contribution in [2.45, 2.75) is 39.2 Å². The largest absolute Gasteiger partial charge is 0.353 e. The number of amides is 1. The van der Waals surface area contributed by atoms with Crippen LogP contribution in [0.15, 0.2) is 24.3 Å². The third kappa shape index (κ3) is 6.91. The molecule has 0 radical (unpaired) electrons. The second-order valence-corrected chi connectivity index (χ2v) is 4.81. The minimum atomic E-state index is -0.221. The molecule has 3 nitrogen and oxygen atoms in total. The first kappa shape index (κ1) is 15.6. The lowest BCUT2D eigenvalue weighted by Crippen LogP contribution is -2.39. The smallest absolute Gasteiger partial charge is 0.234 e. The number of hydrogen-bond donors (Lipinski definition) is 2. The highest BCUT2D eigenvalue weighted by atomic mass is 19.1. The molecule has 0 aliphatic carbocycles. The molecule has 0 bridgehead atoms. The summed E-state index contributed by atoms with van der Waals surface area (Å²) >= 11 is 0. The normalized spacial score (nSPS) is 12.2. The molecule has 1 aromatic carbocycles. The van der Waals surface area contributed by atoms with E-state index in [4.69, 9.17) is 0 Å². The van der Waals surface area contributed by atoms with Crippen molar-refractivity contribution in [1.82, 2.24) is 10.6 Å². The molecule has 0 spiro atoms. The van der Waals surface area contributed by atoms with Gasteiger partial charge in [0.15, 0.2) is 0 Å². The van der Waals surface area contributed by atoms with Gasteiger partial charge in [0, 0.05) is 6.04 Å². The predicted octanol–water partition coefficient (Wildman–Crippen LogP) is 2.26. The lowest BCUT2D eigenvalue weighted by Gasteiger charge is -2.13. The van der Waals surface area contributed by atoms with E-state index in [0.717, 1.165) is 24.8 Å². The molecule has 1 atom stereocenters.